The first-order valence-electron chi connectivity index (χ1n) is 6.38. The average molecular weight is 282 g/mol. The zero-order chi connectivity index (χ0) is 15.7. The highest BCUT2D eigenvalue weighted by Crippen LogP contribution is 2.22. The van der Waals surface area contributed by atoms with Crippen LogP contribution < -0.4 is 0 Å². The zero-order valence-electron chi connectivity index (χ0n) is 11.9. The molecule has 3 heteroatoms. The summed E-state index contributed by atoms with van der Waals surface area (Å²) in [5, 5.41) is 20.3. The van der Waals surface area contributed by atoms with Gasteiger partial charge in [-0.15, -0.1) is 0 Å². The van der Waals surface area contributed by atoms with Gasteiger partial charge in [0.2, 0.25) is 0 Å². The molecule has 0 fully saturated rings. The molecule has 3 rings (SSSR count). The van der Waals surface area contributed by atoms with Crippen molar-refractivity contribution in [3.05, 3.63) is 72.3 Å². The van der Waals surface area contributed by atoms with Crippen molar-refractivity contribution < 1.29 is 15.0 Å². The van der Waals surface area contributed by atoms with Crippen molar-refractivity contribution in [2.24, 2.45) is 0 Å². The highest BCUT2D eigenvalue weighted by Gasteiger charge is 1.94. The lowest BCUT2D eigenvalue weighted by atomic mass is 10.1. The molecule has 0 aliphatic rings. The largest absolute Gasteiger partial charge is 0.508 e. The van der Waals surface area contributed by atoms with E-state index in [4.69, 9.17) is 9.90 Å². The zero-order valence-corrected chi connectivity index (χ0v) is 11.9. The number of aryl methyl sites for hydroxylation is 1. The third kappa shape index (κ3) is 4.66. The Bertz CT molecular complexity index is 666. The molecule has 0 amide bonds. The summed E-state index contributed by atoms with van der Waals surface area (Å²) in [4.78, 5) is 8.00. The SMILES string of the molecule is C=O.Cc1ccccc1O.Oc1cccc2ccccc12. The van der Waals surface area contributed by atoms with Crippen LogP contribution in [0.2, 0.25) is 0 Å². The second kappa shape index (κ2) is 8.38. The first-order valence-corrected chi connectivity index (χ1v) is 6.38. The Morgan fingerprint density at radius 1 is 0.714 bits per heavy atom. The van der Waals surface area contributed by atoms with E-state index in [1.807, 2.05) is 68.3 Å². The predicted molar refractivity (Wildman–Crippen MR) is 85.6 cm³/mol. The monoisotopic (exact) mass is 282 g/mol. The molecule has 108 valence electrons. The van der Waals surface area contributed by atoms with Gasteiger partial charge in [-0.2, -0.15) is 0 Å². The van der Waals surface area contributed by atoms with E-state index in [1.54, 1.807) is 12.1 Å². The molecule has 0 spiro atoms. The Kier molecular flexibility index (Phi) is 6.48. The molecule has 3 nitrogen and oxygen atoms in total. The number of hydrogen-bond acceptors (Lipinski definition) is 3. The van der Waals surface area contributed by atoms with Crippen molar-refractivity contribution in [2.45, 2.75) is 6.92 Å². The van der Waals surface area contributed by atoms with Crippen molar-refractivity contribution >= 4 is 17.6 Å². The van der Waals surface area contributed by atoms with Gasteiger partial charge in [-0.3, -0.25) is 0 Å². The molecule has 0 aliphatic carbocycles. The van der Waals surface area contributed by atoms with E-state index in [1.165, 1.54) is 0 Å². The number of rotatable bonds is 0. The van der Waals surface area contributed by atoms with E-state index in [9.17, 15) is 5.11 Å². The van der Waals surface area contributed by atoms with Gasteiger partial charge in [-0.05, 0) is 30.0 Å². The van der Waals surface area contributed by atoms with Crippen LogP contribution in [0.25, 0.3) is 10.8 Å². The van der Waals surface area contributed by atoms with Crippen LogP contribution in [-0.2, 0) is 4.79 Å². The van der Waals surface area contributed by atoms with E-state index in [0.717, 1.165) is 16.3 Å². The maximum atomic E-state index is 9.37. The van der Waals surface area contributed by atoms with Gasteiger partial charge < -0.3 is 15.0 Å². The Balaban J connectivity index is 0.000000196. The molecule has 21 heavy (non-hydrogen) atoms. The highest BCUT2D eigenvalue weighted by atomic mass is 16.3. The van der Waals surface area contributed by atoms with Crippen LogP contribution >= 0.6 is 0 Å². The van der Waals surface area contributed by atoms with Crippen molar-refractivity contribution in [1.29, 1.82) is 0 Å². The Labute approximate surface area is 124 Å². The summed E-state index contributed by atoms with van der Waals surface area (Å²) in [7, 11) is 0. The van der Waals surface area contributed by atoms with E-state index in [-0.39, 0.29) is 0 Å². The van der Waals surface area contributed by atoms with Crippen molar-refractivity contribution in [1.82, 2.24) is 0 Å². The maximum absolute atomic E-state index is 9.37. The highest BCUT2D eigenvalue weighted by molar-refractivity contribution is 5.87. The van der Waals surface area contributed by atoms with E-state index < -0.39 is 0 Å². The molecular formula is C18H18O3. The number of fused-ring (bicyclic) bond motifs is 1. The molecule has 0 heterocycles. The van der Waals surface area contributed by atoms with Crippen LogP contribution in [0.1, 0.15) is 5.56 Å². The van der Waals surface area contributed by atoms with Gasteiger partial charge in [-0.25, -0.2) is 0 Å². The Morgan fingerprint density at radius 2 is 1.24 bits per heavy atom. The molecule has 3 aromatic carbocycles. The number of para-hydroxylation sites is 1. The molecule has 0 saturated carbocycles. The summed E-state index contributed by atoms with van der Waals surface area (Å²) in [6.45, 7) is 3.87. The molecular weight excluding hydrogens is 264 g/mol. The van der Waals surface area contributed by atoms with Crippen molar-refractivity contribution in [3.63, 3.8) is 0 Å². The average Bonchev–Trinajstić information content (AvgIpc) is 2.53. The van der Waals surface area contributed by atoms with Crippen molar-refractivity contribution in [3.8, 4) is 11.5 Å². The molecule has 0 aliphatic heterocycles. The third-order valence-corrected chi connectivity index (χ3v) is 2.88. The maximum Gasteiger partial charge on any atom is 0.123 e. The number of carbonyl (C=O) groups excluding carboxylic acids is 1. The van der Waals surface area contributed by atoms with E-state index in [0.29, 0.717) is 11.5 Å². The molecule has 0 saturated heterocycles. The molecule has 2 N–H and O–H groups in total. The summed E-state index contributed by atoms with van der Waals surface area (Å²) in [6.07, 6.45) is 0. The molecule has 3 aromatic rings. The molecule has 0 unspecified atom stereocenters. The fourth-order valence-electron chi connectivity index (χ4n) is 1.77. The minimum Gasteiger partial charge on any atom is -0.508 e. The first-order chi connectivity index (χ1) is 10.2. The minimum absolute atomic E-state index is 0.350. The molecule has 0 atom stereocenters. The van der Waals surface area contributed by atoms with Crippen LogP contribution in [0.4, 0.5) is 0 Å². The first kappa shape index (κ1) is 16.2. The lowest BCUT2D eigenvalue weighted by molar-refractivity contribution is -0.0979. The van der Waals surface area contributed by atoms with Gasteiger partial charge in [0.05, 0.1) is 0 Å². The number of hydrogen-bond donors (Lipinski definition) is 2. The number of benzene rings is 3. The van der Waals surface area contributed by atoms with Gasteiger partial charge in [-0.1, -0.05) is 54.6 Å². The van der Waals surface area contributed by atoms with Crippen LogP contribution in [0.5, 0.6) is 11.5 Å². The van der Waals surface area contributed by atoms with Crippen molar-refractivity contribution in [2.75, 3.05) is 0 Å². The van der Waals surface area contributed by atoms with Gasteiger partial charge in [0.1, 0.15) is 18.3 Å². The fourth-order valence-corrected chi connectivity index (χ4v) is 1.77. The standard InChI is InChI=1S/C10H8O.C7H8O.CH2O/c11-10-7-3-5-8-4-1-2-6-9(8)10;1-6-4-2-3-5-7(6)8;1-2/h1-7,11H;2-5,8H,1H3;1H2. The molecule has 0 bridgehead atoms. The van der Waals surface area contributed by atoms with Gasteiger partial charge in [0.15, 0.2) is 0 Å². The number of aromatic hydroxyl groups is 2. The number of carbonyl (C=O) groups is 1. The second-order valence-electron chi connectivity index (χ2n) is 4.28. The van der Waals surface area contributed by atoms with Crippen LogP contribution in [0.15, 0.2) is 66.7 Å². The normalized spacial score (nSPS) is 9.00. The number of phenols is 2. The smallest absolute Gasteiger partial charge is 0.123 e. The topological polar surface area (TPSA) is 57.5 Å². The van der Waals surface area contributed by atoms with E-state index in [2.05, 4.69) is 0 Å². The van der Waals surface area contributed by atoms with Gasteiger partial charge >= 0.3 is 0 Å². The Hall–Kier alpha value is -2.81. The predicted octanol–water partition coefficient (Wildman–Crippen LogP) is 4.06. The summed E-state index contributed by atoms with van der Waals surface area (Å²) < 4.78 is 0. The summed E-state index contributed by atoms with van der Waals surface area (Å²) >= 11 is 0. The fraction of sp³-hybridized carbons (Fsp3) is 0.0556. The lowest BCUT2D eigenvalue weighted by Gasteiger charge is -1.97. The summed E-state index contributed by atoms with van der Waals surface area (Å²) in [6, 6.07) is 20.5. The third-order valence-electron chi connectivity index (χ3n) is 2.88. The quantitative estimate of drug-likeness (QED) is 0.653. The number of phenolic OH excluding ortho intramolecular Hbond substituents is 2. The van der Waals surface area contributed by atoms with Crippen LogP contribution in [-0.4, -0.2) is 17.0 Å². The van der Waals surface area contributed by atoms with Gasteiger partial charge in [0, 0.05) is 5.39 Å². The summed E-state index contributed by atoms with van der Waals surface area (Å²) in [5.41, 5.74) is 0.924. The van der Waals surface area contributed by atoms with Crippen LogP contribution in [0.3, 0.4) is 0 Å². The molecule has 0 aromatic heterocycles. The Morgan fingerprint density at radius 3 is 1.81 bits per heavy atom. The summed E-state index contributed by atoms with van der Waals surface area (Å²) in [5.74, 6) is 0.718. The lowest BCUT2D eigenvalue weighted by Crippen LogP contribution is -1.70. The molecule has 0 radical (unpaired) electrons. The van der Waals surface area contributed by atoms with Crippen LogP contribution in [0, 0.1) is 6.92 Å². The van der Waals surface area contributed by atoms with Gasteiger partial charge in [0.25, 0.3) is 0 Å². The minimum atomic E-state index is 0.350. The second-order valence-corrected chi connectivity index (χ2v) is 4.28. The van der Waals surface area contributed by atoms with E-state index >= 15 is 0 Å².